The number of aromatic nitrogens is 4. The van der Waals surface area contributed by atoms with Gasteiger partial charge in [-0.25, -0.2) is 15.0 Å². The number of halogens is 3. The Bertz CT molecular complexity index is 1200. The van der Waals surface area contributed by atoms with Gasteiger partial charge < -0.3 is 4.98 Å². The quantitative estimate of drug-likeness (QED) is 0.537. The molecule has 4 aromatic rings. The van der Waals surface area contributed by atoms with Crippen molar-refractivity contribution in [3.05, 3.63) is 77.4 Å². The number of alkyl halides is 3. The van der Waals surface area contributed by atoms with Crippen molar-refractivity contribution in [1.29, 1.82) is 0 Å². The van der Waals surface area contributed by atoms with Crippen molar-refractivity contribution in [2.24, 2.45) is 0 Å². The Labute approximate surface area is 170 Å². The topological polar surface area (TPSA) is 57.7 Å². The number of pyridine rings is 1. The fourth-order valence-electron chi connectivity index (χ4n) is 3.82. The number of nitrogens with one attached hydrogen (secondary N) is 1. The molecule has 30 heavy (non-hydrogen) atoms. The Balaban J connectivity index is 1.37. The lowest BCUT2D eigenvalue weighted by Crippen LogP contribution is -2.31. The number of nitrogens with zero attached hydrogens (tertiary/aromatic N) is 4. The lowest BCUT2D eigenvalue weighted by Gasteiger charge is -2.27. The third-order valence-electron chi connectivity index (χ3n) is 5.43. The molecule has 0 radical (unpaired) electrons. The molecule has 0 atom stereocenters. The molecule has 1 aliphatic heterocycles. The van der Waals surface area contributed by atoms with Crippen LogP contribution in [0.3, 0.4) is 0 Å². The van der Waals surface area contributed by atoms with E-state index in [4.69, 9.17) is 0 Å². The van der Waals surface area contributed by atoms with Crippen molar-refractivity contribution in [1.82, 2.24) is 24.8 Å². The van der Waals surface area contributed by atoms with E-state index in [1.54, 1.807) is 12.4 Å². The Kier molecular flexibility index (Phi) is 4.51. The van der Waals surface area contributed by atoms with Gasteiger partial charge in [0.05, 0.1) is 11.3 Å². The molecule has 3 aromatic heterocycles. The lowest BCUT2D eigenvalue weighted by molar-refractivity contribution is -0.137. The van der Waals surface area contributed by atoms with E-state index in [-0.39, 0.29) is 0 Å². The molecular formula is C22H18F3N5. The van der Waals surface area contributed by atoms with Crippen molar-refractivity contribution >= 4 is 11.0 Å². The summed E-state index contributed by atoms with van der Waals surface area (Å²) in [5, 5.41) is 1.11. The zero-order valence-electron chi connectivity index (χ0n) is 15.9. The third-order valence-corrected chi connectivity index (χ3v) is 5.43. The molecule has 152 valence electrons. The van der Waals surface area contributed by atoms with Gasteiger partial charge in [-0.05, 0) is 41.8 Å². The molecule has 0 aliphatic carbocycles. The normalized spacial score (nSPS) is 14.8. The van der Waals surface area contributed by atoms with Gasteiger partial charge in [-0.3, -0.25) is 4.90 Å². The Morgan fingerprint density at radius 1 is 1.07 bits per heavy atom. The molecule has 5 nitrogen and oxygen atoms in total. The fraction of sp³-hybridized carbons (Fsp3) is 0.227. The second-order valence-electron chi connectivity index (χ2n) is 7.41. The highest BCUT2D eigenvalue weighted by molar-refractivity contribution is 5.79. The molecule has 5 rings (SSSR count). The second-order valence-corrected chi connectivity index (χ2v) is 7.41. The van der Waals surface area contributed by atoms with E-state index >= 15 is 0 Å². The first-order valence-electron chi connectivity index (χ1n) is 9.63. The van der Waals surface area contributed by atoms with Gasteiger partial charge >= 0.3 is 6.18 Å². The van der Waals surface area contributed by atoms with Crippen LogP contribution in [0.4, 0.5) is 13.2 Å². The van der Waals surface area contributed by atoms with Crippen LogP contribution >= 0.6 is 0 Å². The smallest absolute Gasteiger partial charge is 0.346 e. The summed E-state index contributed by atoms with van der Waals surface area (Å²) >= 11 is 0. The lowest BCUT2D eigenvalue weighted by atomic mass is 10.0. The molecule has 4 heterocycles. The molecule has 0 unspecified atom stereocenters. The fourth-order valence-corrected chi connectivity index (χ4v) is 3.82. The Morgan fingerprint density at radius 3 is 2.70 bits per heavy atom. The van der Waals surface area contributed by atoms with E-state index in [0.29, 0.717) is 17.9 Å². The number of H-pyrrole nitrogens is 1. The molecule has 1 N–H and O–H groups in total. The first-order chi connectivity index (χ1) is 14.5. The maximum atomic E-state index is 12.8. The highest BCUT2D eigenvalue weighted by Gasteiger charge is 2.30. The third kappa shape index (κ3) is 3.54. The number of hydrogen-bond donors (Lipinski definition) is 1. The van der Waals surface area contributed by atoms with Crippen molar-refractivity contribution in [3.8, 4) is 11.4 Å². The minimum absolute atomic E-state index is 0.445. The van der Waals surface area contributed by atoms with E-state index in [0.717, 1.165) is 53.9 Å². The summed E-state index contributed by atoms with van der Waals surface area (Å²) in [7, 11) is 0. The molecule has 0 spiro atoms. The Hall–Kier alpha value is -3.26. The van der Waals surface area contributed by atoms with Crippen LogP contribution in [0.1, 0.15) is 22.4 Å². The summed E-state index contributed by atoms with van der Waals surface area (Å²) in [6.07, 6.45) is 2.03. The molecule has 0 amide bonds. The maximum Gasteiger partial charge on any atom is 0.416 e. The van der Waals surface area contributed by atoms with E-state index in [2.05, 4.69) is 30.9 Å². The molecule has 0 saturated carbocycles. The van der Waals surface area contributed by atoms with Crippen molar-refractivity contribution in [3.63, 3.8) is 0 Å². The molecule has 1 aromatic carbocycles. The molecule has 0 bridgehead atoms. The van der Waals surface area contributed by atoms with Crippen molar-refractivity contribution in [2.75, 3.05) is 6.54 Å². The van der Waals surface area contributed by atoms with Gasteiger partial charge in [-0.15, -0.1) is 0 Å². The first-order valence-corrected chi connectivity index (χ1v) is 9.63. The van der Waals surface area contributed by atoms with Crippen LogP contribution in [0, 0.1) is 0 Å². The van der Waals surface area contributed by atoms with E-state index < -0.39 is 11.7 Å². The average Bonchev–Trinajstić information content (AvgIpc) is 3.16. The Morgan fingerprint density at radius 2 is 1.90 bits per heavy atom. The van der Waals surface area contributed by atoms with Crippen LogP contribution in [0.2, 0.25) is 0 Å². The summed E-state index contributed by atoms with van der Waals surface area (Å²) in [5.74, 6) is 0.445. The summed E-state index contributed by atoms with van der Waals surface area (Å²) < 4.78 is 38.4. The number of benzene rings is 1. The predicted molar refractivity (Wildman–Crippen MR) is 106 cm³/mol. The van der Waals surface area contributed by atoms with Crippen molar-refractivity contribution < 1.29 is 13.2 Å². The van der Waals surface area contributed by atoms with Gasteiger partial charge in [0.25, 0.3) is 0 Å². The summed E-state index contributed by atoms with van der Waals surface area (Å²) in [4.78, 5) is 18.9. The van der Waals surface area contributed by atoms with Crippen molar-refractivity contribution in [2.45, 2.75) is 25.7 Å². The molecule has 1 aliphatic rings. The number of fused-ring (bicyclic) bond motifs is 2. The largest absolute Gasteiger partial charge is 0.416 e. The standard InChI is InChI=1S/C22H18F3N5/c23-22(24,25)17-5-3-14(4-6-17)20-27-10-15-7-9-30(13-19(15)29-20)12-16-11-28-21-18(16)2-1-8-26-21/h1-6,8,10-11H,7,9,12-13H2,(H,26,28). The zero-order chi connectivity index (χ0) is 20.7. The second kappa shape index (κ2) is 7.21. The van der Waals surface area contributed by atoms with Crippen LogP contribution in [0.15, 0.2) is 55.0 Å². The van der Waals surface area contributed by atoms with E-state index in [9.17, 15) is 13.2 Å². The minimum atomic E-state index is -4.35. The summed E-state index contributed by atoms with van der Waals surface area (Å²) in [6, 6.07) is 8.95. The maximum absolute atomic E-state index is 12.8. The van der Waals surface area contributed by atoms with Crippen LogP contribution < -0.4 is 0 Å². The molecule has 0 fully saturated rings. The molecule has 0 saturated heterocycles. The number of aromatic amines is 1. The highest BCUT2D eigenvalue weighted by atomic mass is 19.4. The van der Waals surface area contributed by atoms with E-state index in [1.807, 2.05) is 12.3 Å². The summed E-state index contributed by atoms with van der Waals surface area (Å²) in [5.41, 5.74) is 3.95. The molecule has 8 heteroatoms. The highest BCUT2D eigenvalue weighted by Crippen LogP contribution is 2.31. The predicted octanol–water partition coefficient (Wildman–Crippen LogP) is 4.60. The van der Waals surface area contributed by atoms with Crippen LogP contribution in [-0.2, 0) is 25.7 Å². The number of rotatable bonds is 3. The molecular weight excluding hydrogens is 391 g/mol. The minimum Gasteiger partial charge on any atom is -0.346 e. The van der Waals surface area contributed by atoms with Gasteiger partial charge in [0, 0.05) is 49.2 Å². The van der Waals surface area contributed by atoms with Gasteiger partial charge in [0.2, 0.25) is 0 Å². The van der Waals surface area contributed by atoms with E-state index in [1.165, 1.54) is 17.7 Å². The average molecular weight is 409 g/mol. The zero-order valence-corrected chi connectivity index (χ0v) is 15.9. The van der Waals surface area contributed by atoms with Crippen LogP contribution in [-0.4, -0.2) is 31.4 Å². The van der Waals surface area contributed by atoms with Gasteiger partial charge in [-0.2, -0.15) is 13.2 Å². The van der Waals surface area contributed by atoms with Crippen LogP contribution in [0.5, 0.6) is 0 Å². The first kappa shape index (κ1) is 18.7. The SMILES string of the molecule is FC(F)(F)c1ccc(-c2ncc3c(n2)CN(Cc2c[nH]c4ncccc24)CC3)cc1. The van der Waals surface area contributed by atoms with Gasteiger partial charge in [0.15, 0.2) is 5.82 Å². The van der Waals surface area contributed by atoms with Crippen LogP contribution in [0.25, 0.3) is 22.4 Å². The monoisotopic (exact) mass is 409 g/mol. The number of hydrogen-bond acceptors (Lipinski definition) is 4. The van der Waals surface area contributed by atoms with Gasteiger partial charge in [-0.1, -0.05) is 12.1 Å². The van der Waals surface area contributed by atoms with Gasteiger partial charge in [0.1, 0.15) is 5.65 Å². The summed E-state index contributed by atoms with van der Waals surface area (Å²) in [6.45, 7) is 2.33.